The fraction of sp³-hybridized carbons (Fsp3) is 0.200. The molecule has 1 aliphatic rings. The summed E-state index contributed by atoms with van der Waals surface area (Å²) in [6.07, 6.45) is -0.791. The summed E-state index contributed by atoms with van der Waals surface area (Å²) in [7, 11) is 1.57. The fourth-order valence-electron chi connectivity index (χ4n) is 1.28. The van der Waals surface area contributed by atoms with Crippen LogP contribution in [0.15, 0.2) is 39.6 Å². The zero-order valence-corrected chi connectivity index (χ0v) is 9.12. The van der Waals surface area contributed by atoms with Crippen molar-refractivity contribution in [2.75, 3.05) is 12.5 Å². The van der Waals surface area contributed by atoms with Gasteiger partial charge in [0.1, 0.15) is 5.75 Å². The van der Waals surface area contributed by atoms with Crippen LogP contribution in [0.1, 0.15) is 0 Å². The van der Waals surface area contributed by atoms with Gasteiger partial charge in [0.2, 0.25) is 0 Å². The first-order valence-corrected chi connectivity index (χ1v) is 4.89. The number of ether oxygens (including phenoxy) is 1. The van der Waals surface area contributed by atoms with Gasteiger partial charge >= 0.3 is 5.91 Å². The van der Waals surface area contributed by atoms with Crippen LogP contribution < -0.4 is 15.9 Å². The molecule has 0 aliphatic carbocycles. The molecule has 0 aromatic heterocycles. The first-order valence-electron chi connectivity index (χ1n) is 4.89. The van der Waals surface area contributed by atoms with Crippen molar-refractivity contribution in [3.8, 4) is 5.75 Å². The summed E-state index contributed by atoms with van der Waals surface area (Å²) in [6, 6.07) is 7.12. The van der Waals surface area contributed by atoms with Gasteiger partial charge in [0.25, 0.3) is 0 Å². The van der Waals surface area contributed by atoms with Gasteiger partial charge < -0.3 is 10.5 Å². The normalized spacial score (nSPS) is 20.9. The Morgan fingerprint density at radius 3 is 3.00 bits per heavy atom. The van der Waals surface area contributed by atoms with Crippen LogP contribution in [0.25, 0.3) is 0 Å². The largest absolute Gasteiger partial charge is 0.497 e. The molecule has 0 saturated carbocycles. The number of hydrogen-bond donors (Lipinski definition) is 2. The lowest BCUT2D eigenvalue weighted by Crippen LogP contribution is -2.29. The second-order valence-corrected chi connectivity index (χ2v) is 3.31. The van der Waals surface area contributed by atoms with E-state index in [1.807, 2.05) is 0 Å². The summed E-state index contributed by atoms with van der Waals surface area (Å²) in [5.41, 5.74) is 9.00. The minimum atomic E-state index is -0.791. The molecule has 1 amide bonds. The third-order valence-corrected chi connectivity index (χ3v) is 2.15. The van der Waals surface area contributed by atoms with Crippen molar-refractivity contribution in [3.05, 3.63) is 24.3 Å². The predicted molar refractivity (Wildman–Crippen MR) is 61.9 cm³/mol. The second kappa shape index (κ2) is 4.71. The van der Waals surface area contributed by atoms with E-state index in [9.17, 15) is 4.79 Å². The number of anilines is 1. The molecule has 1 aromatic rings. The van der Waals surface area contributed by atoms with E-state index >= 15 is 0 Å². The summed E-state index contributed by atoms with van der Waals surface area (Å²) in [5, 5.41) is 10.7. The number of amides is 1. The van der Waals surface area contributed by atoms with Gasteiger partial charge in [0, 0.05) is 6.07 Å². The lowest BCUT2D eigenvalue weighted by atomic mass is 10.3. The van der Waals surface area contributed by atoms with Crippen molar-refractivity contribution in [1.82, 2.24) is 0 Å². The number of carbonyl (C=O) groups excluding carboxylic acids is 1. The van der Waals surface area contributed by atoms with E-state index in [2.05, 4.69) is 20.8 Å². The second-order valence-electron chi connectivity index (χ2n) is 3.31. The zero-order chi connectivity index (χ0) is 12.3. The Morgan fingerprint density at radius 2 is 2.35 bits per heavy atom. The molecule has 17 heavy (non-hydrogen) atoms. The SMILES string of the molecule is COc1cccc(NN=C2C(=O)N=NC2N)c1. The number of nitrogens with two attached hydrogens (primary N) is 1. The van der Waals surface area contributed by atoms with Crippen LogP contribution in [0.3, 0.4) is 0 Å². The van der Waals surface area contributed by atoms with Crippen molar-refractivity contribution in [2.24, 2.45) is 21.1 Å². The Morgan fingerprint density at radius 1 is 1.53 bits per heavy atom. The average Bonchev–Trinajstić information content (AvgIpc) is 2.67. The van der Waals surface area contributed by atoms with E-state index in [1.165, 1.54) is 0 Å². The maximum absolute atomic E-state index is 11.2. The molecule has 1 heterocycles. The highest BCUT2D eigenvalue weighted by Gasteiger charge is 2.25. The lowest BCUT2D eigenvalue weighted by molar-refractivity contribution is -0.111. The number of methoxy groups -OCH3 is 1. The van der Waals surface area contributed by atoms with Crippen molar-refractivity contribution in [2.45, 2.75) is 6.17 Å². The smallest absolute Gasteiger partial charge is 0.315 e. The molecule has 0 fully saturated rings. The van der Waals surface area contributed by atoms with Crippen molar-refractivity contribution in [3.63, 3.8) is 0 Å². The molecular formula is C10H11N5O2. The minimum absolute atomic E-state index is 0.0906. The quantitative estimate of drug-likeness (QED) is 0.751. The molecule has 0 saturated heterocycles. The van der Waals surface area contributed by atoms with Crippen LogP contribution in [0.2, 0.25) is 0 Å². The minimum Gasteiger partial charge on any atom is -0.497 e. The third-order valence-electron chi connectivity index (χ3n) is 2.15. The van der Waals surface area contributed by atoms with Crippen LogP contribution >= 0.6 is 0 Å². The highest BCUT2D eigenvalue weighted by atomic mass is 16.5. The summed E-state index contributed by atoms with van der Waals surface area (Å²) >= 11 is 0. The van der Waals surface area contributed by atoms with E-state index in [0.717, 1.165) is 0 Å². The van der Waals surface area contributed by atoms with E-state index in [-0.39, 0.29) is 5.71 Å². The molecule has 1 atom stereocenters. The first-order chi connectivity index (χ1) is 8.20. The molecule has 3 N–H and O–H groups in total. The number of hydrazone groups is 1. The standard InChI is InChI=1S/C10H11N5O2/c1-17-7-4-2-3-6(5-7)12-13-8-9(11)14-15-10(8)16/h2-5,9,12H,11H2,1H3. The first kappa shape index (κ1) is 11.2. The molecule has 88 valence electrons. The Kier molecular flexibility index (Phi) is 3.10. The Balaban J connectivity index is 2.11. The molecule has 1 aliphatic heterocycles. The van der Waals surface area contributed by atoms with E-state index < -0.39 is 12.1 Å². The van der Waals surface area contributed by atoms with Crippen molar-refractivity contribution < 1.29 is 9.53 Å². The van der Waals surface area contributed by atoms with Crippen LogP contribution in [-0.2, 0) is 4.79 Å². The molecule has 0 spiro atoms. The molecule has 0 radical (unpaired) electrons. The number of azo groups is 1. The van der Waals surface area contributed by atoms with Crippen LogP contribution in [0.5, 0.6) is 5.75 Å². The number of benzene rings is 1. The number of carbonyl (C=O) groups is 1. The van der Waals surface area contributed by atoms with Gasteiger partial charge in [0.05, 0.1) is 12.8 Å². The molecule has 0 bridgehead atoms. The topological polar surface area (TPSA) is 101 Å². The number of nitrogens with zero attached hydrogens (tertiary/aromatic N) is 3. The van der Waals surface area contributed by atoms with Crippen LogP contribution in [0.4, 0.5) is 5.69 Å². The van der Waals surface area contributed by atoms with E-state index in [1.54, 1.807) is 31.4 Å². The highest BCUT2D eigenvalue weighted by Crippen LogP contribution is 2.16. The third kappa shape index (κ3) is 2.45. The highest BCUT2D eigenvalue weighted by molar-refractivity contribution is 6.42. The van der Waals surface area contributed by atoms with Gasteiger partial charge in [-0.05, 0) is 12.1 Å². The van der Waals surface area contributed by atoms with Crippen molar-refractivity contribution in [1.29, 1.82) is 0 Å². The summed E-state index contributed by atoms with van der Waals surface area (Å²) in [4.78, 5) is 11.2. The van der Waals surface area contributed by atoms with Crippen LogP contribution in [0, 0.1) is 0 Å². The van der Waals surface area contributed by atoms with E-state index in [4.69, 9.17) is 10.5 Å². The van der Waals surface area contributed by atoms with Gasteiger partial charge in [-0.3, -0.25) is 10.2 Å². The summed E-state index contributed by atoms with van der Waals surface area (Å²) in [6.45, 7) is 0. The monoisotopic (exact) mass is 233 g/mol. The predicted octanol–water partition coefficient (Wildman–Crippen LogP) is 0.740. The number of rotatable bonds is 3. The van der Waals surface area contributed by atoms with E-state index in [0.29, 0.717) is 11.4 Å². The Bertz CT molecular complexity index is 497. The zero-order valence-electron chi connectivity index (χ0n) is 9.12. The molecule has 2 rings (SSSR count). The average molecular weight is 233 g/mol. The van der Waals surface area contributed by atoms with Gasteiger partial charge in [-0.25, -0.2) is 0 Å². The summed E-state index contributed by atoms with van der Waals surface area (Å²) < 4.78 is 5.05. The molecular weight excluding hydrogens is 222 g/mol. The molecule has 7 nitrogen and oxygen atoms in total. The maximum atomic E-state index is 11.2. The Hall–Kier alpha value is -2.28. The summed E-state index contributed by atoms with van der Waals surface area (Å²) in [5.74, 6) is 0.166. The number of nitrogens with one attached hydrogen (secondary N) is 1. The lowest BCUT2D eigenvalue weighted by Gasteiger charge is -2.04. The van der Waals surface area contributed by atoms with Crippen molar-refractivity contribution >= 4 is 17.3 Å². The van der Waals surface area contributed by atoms with Gasteiger partial charge in [-0.2, -0.15) is 10.2 Å². The van der Waals surface area contributed by atoms with Crippen LogP contribution in [-0.4, -0.2) is 24.9 Å². The molecule has 1 unspecified atom stereocenters. The Labute approximate surface area is 97.4 Å². The van der Waals surface area contributed by atoms with Gasteiger partial charge in [-0.1, -0.05) is 6.07 Å². The molecule has 7 heteroatoms. The van der Waals surface area contributed by atoms with Gasteiger partial charge in [-0.15, -0.1) is 5.11 Å². The fourth-order valence-corrected chi connectivity index (χ4v) is 1.28. The molecule has 1 aromatic carbocycles. The van der Waals surface area contributed by atoms with Gasteiger partial charge in [0.15, 0.2) is 11.9 Å². The number of hydrogen-bond acceptors (Lipinski definition) is 6. The maximum Gasteiger partial charge on any atom is 0.315 e.